The number of rotatable bonds is 2. The molecule has 1 aliphatic carbocycles. The highest BCUT2D eigenvalue weighted by atomic mass is 127. The van der Waals surface area contributed by atoms with Gasteiger partial charge in [-0.2, -0.15) is 0 Å². The van der Waals surface area contributed by atoms with Crippen LogP contribution >= 0.6 is 24.0 Å². The van der Waals surface area contributed by atoms with E-state index in [2.05, 4.69) is 27.7 Å². The van der Waals surface area contributed by atoms with Crippen LogP contribution in [0.5, 0.6) is 0 Å². The Bertz CT molecular complexity index is 443. The summed E-state index contributed by atoms with van der Waals surface area (Å²) in [7, 11) is 0. The average Bonchev–Trinajstić information content (AvgIpc) is 2.93. The molecule has 18 heavy (non-hydrogen) atoms. The fourth-order valence-corrected chi connectivity index (χ4v) is 2.42. The molecule has 0 spiro atoms. The van der Waals surface area contributed by atoms with Gasteiger partial charge in [-0.25, -0.2) is 0 Å². The zero-order chi connectivity index (χ0) is 11.7. The number of halogens is 1. The van der Waals surface area contributed by atoms with Crippen LogP contribution in [0.3, 0.4) is 0 Å². The standard InChI is InChI=1S/C12H18N4O.HI/c1-8-6-13-12(15-8)14-7-10-9-4-2-3-5-11(9)17-16-10;/h8H,2-7H2,1H3,(H2,13,14,15);1H. The van der Waals surface area contributed by atoms with E-state index in [9.17, 15) is 0 Å². The monoisotopic (exact) mass is 362 g/mol. The van der Waals surface area contributed by atoms with Crippen molar-refractivity contribution in [1.82, 2.24) is 15.8 Å². The van der Waals surface area contributed by atoms with E-state index in [1.54, 1.807) is 0 Å². The molecular weight excluding hydrogens is 343 g/mol. The Kier molecular flexibility index (Phi) is 4.47. The molecule has 2 heterocycles. The molecule has 1 aromatic heterocycles. The molecule has 0 saturated carbocycles. The molecule has 6 heteroatoms. The van der Waals surface area contributed by atoms with E-state index in [0.29, 0.717) is 12.6 Å². The summed E-state index contributed by atoms with van der Waals surface area (Å²) in [6.07, 6.45) is 4.61. The Labute approximate surface area is 124 Å². The zero-order valence-electron chi connectivity index (χ0n) is 10.5. The van der Waals surface area contributed by atoms with Gasteiger partial charge in [-0.1, -0.05) is 5.16 Å². The lowest BCUT2D eigenvalue weighted by molar-refractivity contribution is 0.367. The van der Waals surface area contributed by atoms with Gasteiger partial charge in [0.2, 0.25) is 0 Å². The topological polar surface area (TPSA) is 62.5 Å². The first-order valence-corrected chi connectivity index (χ1v) is 6.34. The number of hydrogen-bond acceptors (Lipinski definition) is 5. The van der Waals surface area contributed by atoms with E-state index in [-0.39, 0.29) is 24.0 Å². The molecular formula is C12H19IN4O. The Morgan fingerprint density at radius 2 is 2.22 bits per heavy atom. The first kappa shape index (κ1) is 13.6. The summed E-state index contributed by atoms with van der Waals surface area (Å²) >= 11 is 0. The smallest absolute Gasteiger partial charge is 0.191 e. The zero-order valence-corrected chi connectivity index (χ0v) is 12.9. The van der Waals surface area contributed by atoms with Gasteiger partial charge in [0.15, 0.2) is 5.96 Å². The van der Waals surface area contributed by atoms with Crippen LogP contribution in [-0.4, -0.2) is 23.7 Å². The number of nitrogens with one attached hydrogen (secondary N) is 2. The van der Waals surface area contributed by atoms with Crippen molar-refractivity contribution in [2.45, 2.75) is 45.2 Å². The quantitative estimate of drug-likeness (QED) is 0.785. The van der Waals surface area contributed by atoms with Crippen LogP contribution in [-0.2, 0) is 19.4 Å². The van der Waals surface area contributed by atoms with Gasteiger partial charge in [-0.15, -0.1) is 24.0 Å². The molecule has 100 valence electrons. The summed E-state index contributed by atoms with van der Waals surface area (Å²) in [5.41, 5.74) is 2.36. The van der Waals surface area contributed by atoms with Crippen molar-refractivity contribution in [2.75, 3.05) is 6.54 Å². The number of fused-ring (bicyclic) bond motifs is 1. The lowest BCUT2D eigenvalue weighted by Crippen LogP contribution is -2.37. The van der Waals surface area contributed by atoms with Crippen molar-refractivity contribution in [3.8, 4) is 0 Å². The van der Waals surface area contributed by atoms with Crippen LogP contribution < -0.4 is 10.6 Å². The predicted molar refractivity (Wildman–Crippen MR) is 80.3 cm³/mol. The van der Waals surface area contributed by atoms with Crippen molar-refractivity contribution in [1.29, 1.82) is 0 Å². The molecule has 5 nitrogen and oxygen atoms in total. The van der Waals surface area contributed by atoms with Gasteiger partial charge in [0.1, 0.15) is 11.5 Å². The summed E-state index contributed by atoms with van der Waals surface area (Å²) in [5, 5.41) is 10.7. The second-order valence-corrected chi connectivity index (χ2v) is 4.83. The number of guanidine groups is 1. The predicted octanol–water partition coefficient (Wildman–Crippen LogP) is 1.61. The Morgan fingerprint density at radius 3 is 3.00 bits per heavy atom. The van der Waals surface area contributed by atoms with E-state index in [0.717, 1.165) is 36.8 Å². The third kappa shape index (κ3) is 2.78. The first-order valence-electron chi connectivity index (χ1n) is 6.34. The van der Waals surface area contributed by atoms with Gasteiger partial charge >= 0.3 is 0 Å². The molecule has 2 N–H and O–H groups in total. The number of nitrogens with zero attached hydrogens (tertiary/aromatic N) is 2. The molecule has 1 atom stereocenters. The summed E-state index contributed by atoms with van der Waals surface area (Å²) in [6, 6.07) is 0.434. The van der Waals surface area contributed by atoms with E-state index in [1.165, 1.54) is 18.4 Å². The molecule has 0 radical (unpaired) electrons. The second kappa shape index (κ2) is 5.90. The molecule has 2 aliphatic rings. The minimum Gasteiger partial charge on any atom is -0.361 e. The lowest BCUT2D eigenvalue weighted by atomic mass is 9.96. The molecule has 0 aromatic carbocycles. The van der Waals surface area contributed by atoms with Crippen LogP contribution in [0.1, 0.15) is 36.8 Å². The highest BCUT2D eigenvalue weighted by molar-refractivity contribution is 14.0. The van der Waals surface area contributed by atoms with Crippen molar-refractivity contribution in [3.63, 3.8) is 0 Å². The summed E-state index contributed by atoms with van der Waals surface area (Å²) < 4.78 is 5.37. The van der Waals surface area contributed by atoms with E-state index >= 15 is 0 Å². The summed E-state index contributed by atoms with van der Waals surface area (Å²) in [6.45, 7) is 3.67. The molecule has 0 fully saturated rings. The molecule has 0 amide bonds. The average molecular weight is 362 g/mol. The summed E-state index contributed by atoms with van der Waals surface area (Å²) in [4.78, 5) is 4.36. The fourth-order valence-electron chi connectivity index (χ4n) is 2.42. The SMILES string of the molecule is CC1CN=C(NCc2noc3c2CCCC3)N1.I. The third-order valence-corrected chi connectivity index (χ3v) is 3.36. The normalized spacial score (nSPS) is 21.6. The Morgan fingerprint density at radius 1 is 1.39 bits per heavy atom. The maximum Gasteiger partial charge on any atom is 0.191 e. The molecule has 3 rings (SSSR count). The second-order valence-electron chi connectivity index (χ2n) is 4.83. The number of hydrogen-bond donors (Lipinski definition) is 2. The third-order valence-electron chi connectivity index (χ3n) is 3.36. The van der Waals surface area contributed by atoms with Gasteiger partial charge in [0.25, 0.3) is 0 Å². The molecule has 1 unspecified atom stereocenters. The van der Waals surface area contributed by atoms with Crippen LogP contribution in [0.25, 0.3) is 0 Å². The molecule has 1 aliphatic heterocycles. The van der Waals surface area contributed by atoms with Crippen LogP contribution in [0.15, 0.2) is 9.52 Å². The maximum atomic E-state index is 5.37. The molecule has 0 saturated heterocycles. The highest BCUT2D eigenvalue weighted by Gasteiger charge is 2.20. The lowest BCUT2D eigenvalue weighted by Gasteiger charge is -2.10. The van der Waals surface area contributed by atoms with Gasteiger partial charge in [0.05, 0.1) is 13.1 Å². The van der Waals surface area contributed by atoms with E-state index in [1.807, 2.05) is 0 Å². The van der Waals surface area contributed by atoms with Crippen molar-refractivity contribution in [2.24, 2.45) is 4.99 Å². The van der Waals surface area contributed by atoms with Gasteiger partial charge in [-0.3, -0.25) is 4.99 Å². The van der Waals surface area contributed by atoms with Crippen LogP contribution in [0, 0.1) is 0 Å². The first-order chi connectivity index (χ1) is 8.33. The Hall–Kier alpha value is -0.790. The molecule has 0 bridgehead atoms. The highest BCUT2D eigenvalue weighted by Crippen LogP contribution is 2.23. The molecule has 1 aromatic rings. The van der Waals surface area contributed by atoms with Gasteiger partial charge in [-0.05, 0) is 26.2 Å². The van der Waals surface area contributed by atoms with Gasteiger partial charge < -0.3 is 15.2 Å². The van der Waals surface area contributed by atoms with Crippen LogP contribution in [0.2, 0.25) is 0 Å². The van der Waals surface area contributed by atoms with Crippen molar-refractivity contribution < 1.29 is 4.52 Å². The minimum absolute atomic E-state index is 0. The van der Waals surface area contributed by atoms with Crippen LogP contribution in [0.4, 0.5) is 0 Å². The van der Waals surface area contributed by atoms with E-state index < -0.39 is 0 Å². The minimum atomic E-state index is 0. The number of aliphatic imine (C=N–C) groups is 1. The van der Waals surface area contributed by atoms with Crippen molar-refractivity contribution in [3.05, 3.63) is 17.0 Å². The number of aryl methyl sites for hydroxylation is 1. The van der Waals surface area contributed by atoms with E-state index in [4.69, 9.17) is 4.52 Å². The number of aromatic nitrogens is 1. The maximum absolute atomic E-state index is 5.37. The van der Waals surface area contributed by atoms with Gasteiger partial charge in [0, 0.05) is 18.0 Å². The Balaban J connectivity index is 0.00000120. The fraction of sp³-hybridized carbons (Fsp3) is 0.667. The van der Waals surface area contributed by atoms with Crippen molar-refractivity contribution >= 4 is 29.9 Å². The largest absolute Gasteiger partial charge is 0.361 e. The summed E-state index contributed by atoms with van der Waals surface area (Å²) in [5.74, 6) is 1.97.